The van der Waals surface area contributed by atoms with Gasteiger partial charge in [-0.2, -0.15) is 0 Å². The number of nitrogens with two attached hydrogens (primary N) is 1. The first kappa shape index (κ1) is 27.3. The summed E-state index contributed by atoms with van der Waals surface area (Å²) in [5.41, 5.74) is 21.8. The summed E-state index contributed by atoms with van der Waals surface area (Å²) in [4.78, 5) is 0. The molecule has 0 aromatic heterocycles. The standard InChI is InChI=1S/C35H48N2/c1-18(2)31-23(8)30(26(11)36)24(9)35(14)25(10)32-22(7)29-21(6)28(37-19(3)4)15-20(5)27(29)16-33(32,12)17-34(31,35)13/h15,18,31,37H,3,7,9,11,16-17,36H2,1-2,4-6,8,10,12-14H3/t31-,33+,34+,35+/m1/s1. The first-order valence-corrected chi connectivity index (χ1v) is 13.8. The number of aryl methyl sites for hydroxylation is 1. The van der Waals surface area contributed by atoms with Gasteiger partial charge in [-0.1, -0.05) is 72.1 Å². The normalized spacial score (nSPS) is 31.3. The third-order valence-corrected chi connectivity index (χ3v) is 10.5. The summed E-state index contributed by atoms with van der Waals surface area (Å²) >= 11 is 0. The van der Waals surface area contributed by atoms with E-state index in [2.05, 4.69) is 86.9 Å². The molecule has 4 atom stereocenters. The number of allylic oxidation sites excluding steroid dienone is 6. The average Bonchev–Trinajstić information content (AvgIpc) is 2.73. The molecule has 0 bridgehead atoms. The van der Waals surface area contributed by atoms with Crippen molar-refractivity contribution in [3.05, 3.63) is 93.9 Å². The van der Waals surface area contributed by atoms with E-state index in [4.69, 9.17) is 18.9 Å². The Balaban J connectivity index is 2.06. The van der Waals surface area contributed by atoms with Gasteiger partial charge in [0.2, 0.25) is 0 Å². The first-order chi connectivity index (χ1) is 16.9. The molecule has 37 heavy (non-hydrogen) atoms. The van der Waals surface area contributed by atoms with Crippen LogP contribution in [-0.2, 0) is 6.42 Å². The molecule has 198 valence electrons. The fourth-order valence-corrected chi connectivity index (χ4v) is 9.23. The molecular weight excluding hydrogens is 448 g/mol. The topological polar surface area (TPSA) is 38.0 Å². The Labute approximate surface area is 226 Å². The van der Waals surface area contributed by atoms with Gasteiger partial charge < -0.3 is 11.1 Å². The highest BCUT2D eigenvalue weighted by atomic mass is 14.9. The predicted molar refractivity (Wildman–Crippen MR) is 162 cm³/mol. The van der Waals surface area contributed by atoms with Crippen molar-refractivity contribution in [2.45, 2.75) is 82.1 Å². The van der Waals surface area contributed by atoms with Crippen LogP contribution in [0.15, 0.2) is 71.6 Å². The van der Waals surface area contributed by atoms with Crippen LogP contribution in [0.4, 0.5) is 5.69 Å². The minimum absolute atomic E-state index is 0.00610. The lowest BCUT2D eigenvalue weighted by Crippen LogP contribution is -2.57. The molecule has 3 aliphatic carbocycles. The molecule has 1 aromatic carbocycles. The maximum absolute atomic E-state index is 6.46. The number of hydrogen-bond donors (Lipinski definition) is 2. The molecule has 2 nitrogen and oxygen atoms in total. The van der Waals surface area contributed by atoms with Gasteiger partial charge in [-0.15, -0.1) is 0 Å². The molecule has 0 unspecified atom stereocenters. The molecule has 0 saturated carbocycles. The Morgan fingerprint density at radius 3 is 2.19 bits per heavy atom. The van der Waals surface area contributed by atoms with E-state index in [0.29, 0.717) is 17.5 Å². The Kier molecular flexibility index (Phi) is 6.18. The molecule has 0 heterocycles. The van der Waals surface area contributed by atoms with Crippen molar-refractivity contribution in [3.63, 3.8) is 0 Å². The van der Waals surface area contributed by atoms with Crippen LogP contribution < -0.4 is 11.1 Å². The van der Waals surface area contributed by atoms with Gasteiger partial charge >= 0.3 is 0 Å². The smallest absolute Gasteiger partial charge is 0.0420 e. The molecule has 4 rings (SSSR count). The minimum atomic E-state index is -0.245. The summed E-state index contributed by atoms with van der Waals surface area (Å²) in [5, 5.41) is 3.49. The molecule has 3 aliphatic rings. The zero-order chi connectivity index (χ0) is 28.0. The number of anilines is 1. The highest BCUT2D eigenvalue weighted by Crippen LogP contribution is 2.72. The van der Waals surface area contributed by atoms with Crippen molar-refractivity contribution < 1.29 is 0 Å². The second-order valence-corrected chi connectivity index (χ2v) is 13.3. The largest absolute Gasteiger partial charge is 0.399 e. The van der Waals surface area contributed by atoms with Gasteiger partial charge in [-0.05, 0) is 121 Å². The van der Waals surface area contributed by atoms with Crippen molar-refractivity contribution in [2.24, 2.45) is 33.8 Å². The van der Waals surface area contributed by atoms with Crippen LogP contribution in [0.3, 0.4) is 0 Å². The number of nitrogens with one attached hydrogen (secondary N) is 1. The predicted octanol–water partition coefficient (Wildman–Crippen LogP) is 9.19. The summed E-state index contributed by atoms with van der Waals surface area (Å²) in [6.07, 6.45) is 2.10. The van der Waals surface area contributed by atoms with Gasteiger partial charge in [0.05, 0.1) is 0 Å². The maximum atomic E-state index is 6.46. The van der Waals surface area contributed by atoms with Crippen LogP contribution in [0.5, 0.6) is 0 Å². The van der Waals surface area contributed by atoms with E-state index in [0.717, 1.165) is 35.4 Å². The molecule has 0 fully saturated rings. The highest BCUT2D eigenvalue weighted by molar-refractivity contribution is 5.89. The highest BCUT2D eigenvalue weighted by Gasteiger charge is 2.63. The fraction of sp³-hybridized carbons (Fsp3) is 0.486. The third-order valence-electron chi connectivity index (χ3n) is 10.5. The molecule has 0 spiro atoms. The Morgan fingerprint density at radius 1 is 1.08 bits per heavy atom. The van der Waals surface area contributed by atoms with E-state index >= 15 is 0 Å². The third kappa shape index (κ3) is 3.44. The Morgan fingerprint density at radius 2 is 1.68 bits per heavy atom. The molecule has 0 saturated heterocycles. The van der Waals surface area contributed by atoms with Crippen LogP contribution in [-0.4, -0.2) is 0 Å². The zero-order valence-corrected chi connectivity index (χ0v) is 25.1. The molecular formula is C35H48N2. The van der Waals surface area contributed by atoms with E-state index in [9.17, 15) is 0 Å². The van der Waals surface area contributed by atoms with Gasteiger partial charge in [-0.3, -0.25) is 0 Å². The van der Waals surface area contributed by atoms with Crippen LogP contribution in [0.2, 0.25) is 0 Å². The van der Waals surface area contributed by atoms with E-state index in [1.807, 2.05) is 6.92 Å². The second-order valence-electron chi connectivity index (χ2n) is 13.3. The summed E-state index contributed by atoms with van der Waals surface area (Å²) < 4.78 is 0. The summed E-state index contributed by atoms with van der Waals surface area (Å²) in [6, 6.07) is 2.29. The van der Waals surface area contributed by atoms with E-state index in [-0.39, 0.29) is 16.2 Å². The van der Waals surface area contributed by atoms with Gasteiger partial charge in [0.1, 0.15) is 0 Å². The number of benzene rings is 1. The van der Waals surface area contributed by atoms with Gasteiger partial charge in [0.15, 0.2) is 0 Å². The van der Waals surface area contributed by atoms with Crippen molar-refractivity contribution in [2.75, 3.05) is 5.32 Å². The van der Waals surface area contributed by atoms with Gasteiger partial charge in [0.25, 0.3) is 0 Å². The summed E-state index contributed by atoms with van der Waals surface area (Å²) in [5.74, 6) is 0.856. The second kappa shape index (κ2) is 8.38. The number of fused-ring (bicyclic) bond motifs is 3. The van der Waals surface area contributed by atoms with Crippen molar-refractivity contribution in [1.82, 2.24) is 0 Å². The summed E-state index contributed by atoms with van der Waals surface area (Å²) in [6.45, 7) is 41.1. The van der Waals surface area contributed by atoms with Crippen LogP contribution in [0.25, 0.3) is 5.57 Å². The Bertz CT molecular complexity index is 1350. The lowest BCUT2D eigenvalue weighted by molar-refractivity contribution is -0.0107. The first-order valence-electron chi connectivity index (χ1n) is 13.8. The molecule has 0 radical (unpaired) electrons. The monoisotopic (exact) mass is 496 g/mol. The SMILES string of the molecule is C=C(C)Nc1cc(C)c2c(c1C)C(=C)C1=C(C)[C@]3(C)C(=C)C(C(=C)N)=C(C)[C@@H](C(C)C)[C@]3(C)C[C@]1(C)C2. The lowest BCUT2D eigenvalue weighted by atomic mass is 9.38. The fourth-order valence-electron chi connectivity index (χ4n) is 9.23. The van der Waals surface area contributed by atoms with E-state index < -0.39 is 0 Å². The number of rotatable bonds is 4. The Hall–Kier alpha value is -2.74. The van der Waals surface area contributed by atoms with Gasteiger partial charge in [-0.25, -0.2) is 0 Å². The van der Waals surface area contributed by atoms with E-state index in [1.54, 1.807) is 0 Å². The van der Waals surface area contributed by atoms with Crippen molar-refractivity contribution in [1.29, 1.82) is 0 Å². The minimum Gasteiger partial charge on any atom is -0.399 e. The average molecular weight is 497 g/mol. The quantitative estimate of drug-likeness (QED) is 0.436. The molecule has 0 amide bonds. The van der Waals surface area contributed by atoms with Crippen LogP contribution in [0.1, 0.15) is 84.1 Å². The molecule has 3 N–H and O–H groups in total. The number of hydrogen-bond acceptors (Lipinski definition) is 2. The van der Waals surface area contributed by atoms with Crippen LogP contribution in [0, 0.1) is 41.9 Å². The van der Waals surface area contributed by atoms with E-state index in [1.165, 1.54) is 44.5 Å². The molecule has 0 aliphatic heterocycles. The summed E-state index contributed by atoms with van der Waals surface area (Å²) in [7, 11) is 0. The molecule has 1 aromatic rings. The van der Waals surface area contributed by atoms with Gasteiger partial charge in [0, 0.05) is 22.5 Å². The maximum Gasteiger partial charge on any atom is 0.0420 e. The lowest BCUT2D eigenvalue weighted by Gasteiger charge is -2.65. The zero-order valence-electron chi connectivity index (χ0n) is 25.1. The van der Waals surface area contributed by atoms with Crippen molar-refractivity contribution in [3.8, 4) is 0 Å². The molecule has 2 heteroatoms. The van der Waals surface area contributed by atoms with Crippen LogP contribution >= 0.6 is 0 Å². The van der Waals surface area contributed by atoms with Crippen molar-refractivity contribution >= 4 is 11.3 Å².